The molecule has 0 aromatic carbocycles. The second-order valence-electron chi connectivity index (χ2n) is 5.22. The first-order chi connectivity index (χ1) is 7.95. The largest absolute Gasteiger partial charge is 0.383 e. The molecule has 3 unspecified atom stereocenters. The van der Waals surface area contributed by atoms with E-state index in [4.69, 9.17) is 15.2 Å². The van der Waals surface area contributed by atoms with Gasteiger partial charge < -0.3 is 20.5 Å². The van der Waals surface area contributed by atoms with Crippen molar-refractivity contribution in [3.8, 4) is 0 Å². The average Bonchev–Trinajstić information content (AvgIpc) is 2.26. The lowest BCUT2D eigenvalue weighted by molar-refractivity contribution is -0.139. The lowest BCUT2D eigenvalue weighted by Crippen LogP contribution is -2.68. The first kappa shape index (κ1) is 14.3. The fraction of sp³-hybridized carbons (Fsp3) is 0.917. The molecule has 3 atom stereocenters. The van der Waals surface area contributed by atoms with Gasteiger partial charge in [-0.25, -0.2) is 0 Å². The Hall–Kier alpha value is -0.810. The third kappa shape index (κ3) is 2.90. The first-order valence-electron chi connectivity index (χ1n) is 6.03. The number of nitrogens with one attached hydrogen (secondary N) is 1. The van der Waals surface area contributed by atoms with Crippen LogP contribution in [0.2, 0.25) is 0 Å². The quantitative estimate of drug-likeness (QED) is 0.421. The molecule has 1 aliphatic carbocycles. The summed E-state index contributed by atoms with van der Waals surface area (Å²) in [6, 6.07) is 0.304. The maximum Gasteiger partial charge on any atom is 0.188 e. The van der Waals surface area contributed by atoms with Crippen molar-refractivity contribution in [3.05, 3.63) is 0 Å². The van der Waals surface area contributed by atoms with Crippen LogP contribution in [0.3, 0.4) is 0 Å². The van der Waals surface area contributed by atoms with Crippen molar-refractivity contribution < 1.29 is 9.47 Å². The van der Waals surface area contributed by atoms with Crippen LogP contribution < -0.4 is 11.1 Å². The van der Waals surface area contributed by atoms with Crippen LogP contribution in [-0.2, 0) is 9.47 Å². The zero-order chi connectivity index (χ0) is 13.1. The van der Waals surface area contributed by atoms with E-state index in [-0.39, 0.29) is 11.5 Å². The number of hydrogen-bond donors (Lipinski definition) is 2. The van der Waals surface area contributed by atoms with Crippen molar-refractivity contribution in [2.75, 3.05) is 27.4 Å². The molecule has 0 spiro atoms. The van der Waals surface area contributed by atoms with Crippen molar-refractivity contribution in [1.82, 2.24) is 5.32 Å². The van der Waals surface area contributed by atoms with Crippen LogP contribution in [-0.4, -0.2) is 45.5 Å². The number of nitrogens with zero attached hydrogens (tertiary/aromatic N) is 1. The summed E-state index contributed by atoms with van der Waals surface area (Å²) in [6.45, 7) is 7.71. The summed E-state index contributed by atoms with van der Waals surface area (Å²) in [4.78, 5) is 4.20. The first-order valence-corrected chi connectivity index (χ1v) is 6.03. The maximum atomic E-state index is 5.84. The third-order valence-corrected chi connectivity index (χ3v) is 3.67. The number of rotatable bonds is 5. The van der Waals surface area contributed by atoms with Crippen LogP contribution in [0.15, 0.2) is 4.99 Å². The van der Waals surface area contributed by atoms with Gasteiger partial charge in [0, 0.05) is 31.6 Å². The Morgan fingerprint density at radius 1 is 1.41 bits per heavy atom. The summed E-state index contributed by atoms with van der Waals surface area (Å²) in [6.07, 6.45) is 0.270. The van der Waals surface area contributed by atoms with Crippen LogP contribution >= 0.6 is 0 Å². The molecule has 1 rings (SSSR count). The molecular formula is C12H25N3O2. The van der Waals surface area contributed by atoms with Gasteiger partial charge in [0.15, 0.2) is 5.96 Å². The Kier molecular flexibility index (Phi) is 4.77. The summed E-state index contributed by atoms with van der Waals surface area (Å²) < 4.78 is 10.4. The third-order valence-electron chi connectivity index (χ3n) is 3.67. The molecule has 1 fully saturated rings. The van der Waals surface area contributed by atoms with Gasteiger partial charge in [-0.1, -0.05) is 20.8 Å². The van der Waals surface area contributed by atoms with E-state index in [1.165, 1.54) is 0 Å². The van der Waals surface area contributed by atoms with Gasteiger partial charge in [0.05, 0.1) is 19.3 Å². The minimum Gasteiger partial charge on any atom is -0.383 e. The number of methoxy groups -OCH3 is 2. The summed E-state index contributed by atoms with van der Waals surface area (Å²) >= 11 is 0. The highest BCUT2D eigenvalue weighted by Gasteiger charge is 2.54. The molecule has 5 nitrogen and oxygen atoms in total. The second-order valence-corrected chi connectivity index (χ2v) is 5.22. The Labute approximate surface area is 104 Å². The van der Waals surface area contributed by atoms with Gasteiger partial charge in [-0.15, -0.1) is 0 Å². The number of guanidine groups is 1. The van der Waals surface area contributed by atoms with E-state index in [9.17, 15) is 0 Å². The Morgan fingerprint density at radius 3 is 2.53 bits per heavy atom. The van der Waals surface area contributed by atoms with Gasteiger partial charge >= 0.3 is 0 Å². The summed E-state index contributed by atoms with van der Waals surface area (Å²) in [5, 5.41) is 3.27. The Bertz CT molecular complexity index is 279. The SMILES string of the molecule is COCCN=C(N)NC1C(C)C(OC)C1(C)C. The van der Waals surface area contributed by atoms with Crippen LogP contribution in [0.1, 0.15) is 20.8 Å². The number of nitrogens with two attached hydrogens (primary N) is 1. The van der Waals surface area contributed by atoms with E-state index in [0.717, 1.165) is 0 Å². The molecule has 0 radical (unpaired) electrons. The molecule has 3 N–H and O–H groups in total. The van der Waals surface area contributed by atoms with Gasteiger partial charge in [0.2, 0.25) is 0 Å². The Balaban J connectivity index is 2.50. The van der Waals surface area contributed by atoms with Gasteiger partial charge in [-0.05, 0) is 0 Å². The van der Waals surface area contributed by atoms with E-state index < -0.39 is 0 Å². The van der Waals surface area contributed by atoms with Crippen molar-refractivity contribution in [3.63, 3.8) is 0 Å². The maximum absolute atomic E-state index is 5.84. The lowest BCUT2D eigenvalue weighted by atomic mass is 9.58. The van der Waals surface area contributed by atoms with Crippen LogP contribution in [0.5, 0.6) is 0 Å². The molecule has 1 saturated carbocycles. The van der Waals surface area contributed by atoms with Gasteiger partial charge in [0.25, 0.3) is 0 Å². The van der Waals surface area contributed by atoms with Crippen LogP contribution in [0.4, 0.5) is 0 Å². The normalized spacial score (nSPS) is 32.1. The molecule has 100 valence electrons. The average molecular weight is 243 g/mol. The van der Waals surface area contributed by atoms with Gasteiger partial charge in [-0.2, -0.15) is 0 Å². The fourth-order valence-electron chi connectivity index (χ4n) is 2.89. The molecule has 1 aliphatic rings. The fourth-order valence-corrected chi connectivity index (χ4v) is 2.89. The molecule has 5 heteroatoms. The zero-order valence-corrected chi connectivity index (χ0v) is 11.5. The molecule has 17 heavy (non-hydrogen) atoms. The highest BCUT2D eigenvalue weighted by molar-refractivity contribution is 5.78. The predicted molar refractivity (Wildman–Crippen MR) is 69.0 cm³/mol. The van der Waals surface area contributed by atoms with E-state index in [1.807, 2.05) is 0 Å². The second kappa shape index (κ2) is 5.69. The minimum absolute atomic E-state index is 0.0789. The predicted octanol–water partition coefficient (Wildman–Crippen LogP) is 0.597. The Morgan fingerprint density at radius 2 is 2.06 bits per heavy atom. The van der Waals surface area contributed by atoms with Crippen LogP contribution in [0, 0.1) is 11.3 Å². The lowest BCUT2D eigenvalue weighted by Gasteiger charge is -2.56. The van der Waals surface area contributed by atoms with Crippen molar-refractivity contribution in [2.45, 2.75) is 32.9 Å². The number of hydrogen-bond acceptors (Lipinski definition) is 3. The van der Waals surface area contributed by atoms with E-state index in [1.54, 1.807) is 14.2 Å². The van der Waals surface area contributed by atoms with Crippen molar-refractivity contribution >= 4 is 5.96 Å². The molecule has 0 heterocycles. The topological polar surface area (TPSA) is 68.9 Å². The molecule has 0 aliphatic heterocycles. The minimum atomic E-state index is 0.0789. The molecule has 0 saturated heterocycles. The molecule has 0 aromatic rings. The standard InChI is InChI=1S/C12H25N3O2/c1-8-9(12(2,3)10(8)17-5)15-11(13)14-6-7-16-4/h8-10H,6-7H2,1-5H3,(H3,13,14,15). The van der Waals surface area contributed by atoms with Gasteiger partial charge in [0.1, 0.15) is 0 Å². The highest BCUT2D eigenvalue weighted by Crippen LogP contribution is 2.46. The van der Waals surface area contributed by atoms with Gasteiger partial charge in [-0.3, -0.25) is 4.99 Å². The van der Waals surface area contributed by atoms with Crippen molar-refractivity contribution in [2.24, 2.45) is 22.1 Å². The number of aliphatic imine (C=N–C) groups is 1. The van der Waals surface area contributed by atoms with E-state index in [0.29, 0.717) is 31.1 Å². The highest BCUT2D eigenvalue weighted by atomic mass is 16.5. The van der Waals surface area contributed by atoms with E-state index in [2.05, 4.69) is 31.1 Å². The van der Waals surface area contributed by atoms with E-state index >= 15 is 0 Å². The smallest absolute Gasteiger partial charge is 0.188 e. The molecule has 0 aromatic heterocycles. The molecular weight excluding hydrogens is 218 g/mol. The molecule has 0 bridgehead atoms. The van der Waals surface area contributed by atoms with Crippen molar-refractivity contribution in [1.29, 1.82) is 0 Å². The monoisotopic (exact) mass is 243 g/mol. The summed E-state index contributed by atoms with van der Waals surface area (Å²) in [7, 11) is 3.41. The summed E-state index contributed by atoms with van der Waals surface area (Å²) in [5.74, 6) is 0.924. The summed E-state index contributed by atoms with van der Waals surface area (Å²) in [5.41, 5.74) is 5.92. The van der Waals surface area contributed by atoms with Crippen LogP contribution in [0.25, 0.3) is 0 Å². The number of ether oxygens (including phenoxy) is 2. The zero-order valence-electron chi connectivity index (χ0n) is 11.5. The molecule has 0 amide bonds.